The third-order valence-electron chi connectivity index (χ3n) is 6.57. The van der Waals surface area contributed by atoms with Gasteiger partial charge in [0.05, 0.1) is 25.2 Å². The first kappa shape index (κ1) is 29.3. The van der Waals surface area contributed by atoms with Crippen molar-refractivity contribution in [3.63, 3.8) is 0 Å². The van der Waals surface area contributed by atoms with E-state index in [1.807, 2.05) is 39.8 Å². The average molecular weight is 523 g/mol. The van der Waals surface area contributed by atoms with Crippen LogP contribution < -0.4 is 14.9 Å². The summed E-state index contributed by atoms with van der Waals surface area (Å²) in [4.78, 5) is 14.1. The summed E-state index contributed by atoms with van der Waals surface area (Å²) < 4.78 is 18.4. The molecule has 3 aromatic rings. The SMILES string of the molecule is CCCCOc1cc2oc3cc(OCCCC)c(CO)c(CC=C(C)C)c3c(=O)c2c(O)c1CC=C(C)C. The van der Waals surface area contributed by atoms with Crippen LogP contribution in [0.15, 0.2) is 44.6 Å². The van der Waals surface area contributed by atoms with Crippen molar-refractivity contribution in [3.8, 4) is 17.2 Å². The number of aliphatic hydroxyl groups excluding tert-OH is 1. The van der Waals surface area contributed by atoms with E-state index >= 15 is 0 Å². The van der Waals surface area contributed by atoms with Crippen molar-refractivity contribution in [1.29, 1.82) is 0 Å². The van der Waals surface area contributed by atoms with Crippen molar-refractivity contribution in [2.45, 2.75) is 86.7 Å². The molecular formula is C32H42O6. The highest BCUT2D eigenvalue weighted by Gasteiger charge is 2.23. The maximum absolute atomic E-state index is 14.1. The van der Waals surface area contributed by atoms with Gasteiger partial charge in [-0.05, 0) is 58.9 Å². The second kappa shape index (κ2) is 13.5. The van der Waals surface area contributed by atoms with E-state index in [4.69, 9.17) is 13.9 Å². The van der Waals surface area contributed by atoms with Gasteiger partial charge in [-0.2, -0.15) is 0 Å². The summed E-state index contributed by atoms with van der Waals surface area (Å²) >= 11 is 0. The van der Waals surface area contributed by atoms with E-state index in [0.29, 0.717) is 65.2 Å². The number of fused-ring (bicyclic) bond motifs is 2. The monoisotopic (exact) mass is 522 g/mol. The molecule has 0 unspecified atom stereocenters. The van der Waals surface area contributed by atoms with E-state index in [2.05, 4.69) is 13.8 Å². The van der Waals surface area contributed by atoms with Gasteiger partial charge in [0, 0.05) is 23.3 Å². The van der Waals surface area contributed by atoms with Crippen LogP contribution in [0.5, 0.6) is 17.2 Å². The molecule has 0 atom stereocenters. The Balaban J connectivity index is 2.38. The van der Waals surface area contributed by atoms with Crippen molar-refractivity contribution in [1.82, 2.24) is 0 Å². The van der Waals surface area contributed by atoms with Crippen LogP contribution >= 0.6 is 0 Å². The van der Waals surface area contributed by atoms with Gasteiger partial charge in [0.2, 0.25) is 5.43 Å². The van der Waals surface area contributed by atoms with Crippen molar-refractivity contribution < 1.29 is 24.1 Å². The summed E-state index contributed by atoms with van der Waals surface area (Å²) in [6.45, 7) is 12.9. The van der Waals surface area contributed by atoms with Crippen LogP contribution in [-0.2, 0) is 19.4 Å². The fourth-order valence-corrected chi connectivity index (χ4v) is 4.38. The highest BCUT2D eigenvalue weighted by atomic mass is 16.5. The molecule has 0 aliphatic carbocycles. The topological polar surface area (TPSA) is 89.1 Å². The lowest BCUT2D eigenvalue weighted by Crippen LogP contribution is -2.11. The molecule has 0 saturated carbocycles. The summed E-state index contributed by atoms with van der Waals surface area (Å²) in [5.41, 5.74) is 4.27. The summed E-state index contributed by atoms with van der Waals surface area (Å²) in [7, 11) is 0. The Morgan fingerprint density at radius 3 is 1.82 bits per heavy atom. The maximum Gasteiger partial charge on any atom is 0.204 e. The molecule has 0 amide bonds. The Bertz CT molecular complexity index is 1390. The first-order valence-electron chi connectivity index (χ1n) is 13.7. The molecule has 0 fully saturated rings. The third kappa shape index (κ3) is 6.60. The van der Waals surface area contributed by atoms with Gasteiger partial charge in [-0.3, -0.25) is 4.79 Å². The molecular weight excluding hydrogens is 480 g/mol. The van der Waals surface area contributed by atoms with Gasteiger partial charge in [0.1, 0.15) is 33.8 Å². The second-order valence-electron chi connectivity index (χ2n) is 10.2. The number of hydrogen-bond acceptors (Lipinski definition) is 6. The fourth-order valence-electron chi connectivity index (χ4n) is 4.38. The van der Waals surface area contributed by atoms with E-state index in [9.17, 15) is 15.0 Å². The zero-order valence-electron chi connectivity index (χ0n) is 23.7. The Morgan fingerprint density at radius 1 is 0.816 bits per heavy atom. The van der Waals surface area contributed by atoms with Crippen LogP contribution in [0.4, 0.5) is 0 Å². The molecule has 3 rings (SSSR count). The number of benzene rings is 2. The number of rotatable bonds is 13. The zero-order chi connectivity index (χ0) is 27.8. The lowest BCUT2D eigenvalue weighted by atomic mass is 9.95. The number of allylic oxidation sites excluding steroid dienone is 4. The van der Waals surface area contributed by atoms with Crippen molar-refractivity contribution in [2.24, 2.45) is 0 Å². The Kier molecular flexibility index (Phi) is 10.4. The number of hydrogen-bond donors (Lipinski definition) is 2. The molecule has 0 saturated heterocycles. The third-order valence-corrected chi connectivity index (χ3v) is 6.57. The van der Waals surface area contributed by atoms with Gasteiger partial charge < -0.3 is 24.1 Å². The molecule has 6 nitrogen and oxygen atoms in total. The fraction of sp³-hybridized carbons (Fsp3) is 0.469. The first-order chi connectivity index (χ1) is 18.2. The van der Waals surface area contributed by atoms with Gasteiger partial charge in [0.25, 0.3) is 0 Å². The molecule has 1 aromatic heterocycles. The van der Waals surface area contributed by atoms with Crippen molar-refractivity contribution >= 4 is 21.9 Å². The summed E-state index contributed by atoms with van der Waals surface area (Å²) in [6.07, 6.45) is 8.57. The van der Waals surface area contributed by atoms with Crippen molar-refractivity contribution in [3.05, 3.63) is 62.3 Å². The number of phenols is 1. The molecule has 206 valence electrons. The number of aromatic hydroxyl groups is 1. The minimum Gasteiger partial charge on any atom is -0.507 e. The molecule has 0 bridgehead atoms. The summed E-state index contributed by atoms with van der Waals surface area (Å²) in [6, 6.07) is 3.40. The summed E-state index contributed by atoms with van der Waals surface area (Å²) in [5.74, 6) is 0.903. The minimum atomic E-state index is -0.329. The Morgan fingerprint density at radius 2 is 1.32 bits per heavy atom. The molecule has 2 aromatic carbocycles. The molecule has 38 heavy (non-hydrogen) atoms. The van der Waals surface area contributed by atoms with Crippen LogP contribution in [0.1, 0.15) is 83.9 Å². The van der Waals surface area contributed by atoms with Gasteiger partial charge >= 0.3 is 0 Å². The van der Waals surface area contributed by atoms with E-state index in [1.165, 1.54) is 0 Å². The van der Waals surface area contributed by atoms with Gasteiger partial charge in [0.15, 0.2) is 0 Å². The molecule has 2 N–H and O–H groups in total. The van der Waals surface area contributed by atoms with Crippen LogP contribution in [0.3, 0.4) is 0 Å². The molecule has 0 spiro atoms. The molecule has 0 aliphatic rings. The zero-order valence-corrected chi connectivity index (χ0v) is 23.7. The largest absolute Gasteiger partial charge is 0.507 e. The molecule has 6 heteroatoms. The normalized spacial score (nSPS) is 11.1. The Labute approximate surface area is 225 Å². The number of unbranched alkanes of at least 4 members (excludes halogenated alkanes) is 2. The maximum atomic E-state index is 14.1. The number of phenolic OH excluding ortho intramolecular Hbond substituents is 1. The van der Waals surface area contributed by atoms with Crippen LogP contribution in [0.25, 0.3) is 21.9 Å². The highest BCUT2D eigenvalue weighted by molar-refractivity contribution is 5.97. The van der Waals surface area contributed by atoms with E-state index in [-0.39, 0.29) is 28.8 Å². The van der Waals surface area contributed by atoms with E-state index in [1.54, 1.807) is 12.1 Å². The van der Waals surface area contributed by atoms with Gasteiger partial charge in [-0.1, -0.05) is 50.0 Å². The number of aliphatic hydroxyl groups is 1. The minimum absolute atomic E-state index is 0.121. The van der Waals surface area contributed by atoms with Gasteiger partial charge in [-0.15, -0.1) is 0 Å². The number of ether oxygens (including phenoxy) is 2. The quantitative estimate of drug-likeness (QED) is 0.137. The second-order valence-corrected chi connectivity index (χ2v) is 10.2. The smallest absolute Gasteiger partial charge is 0.204 e. The van der Waals surface area contributed by atoms with Gasteiger partial charge in [-0.25, -0.2) is 0 Å². The lowest BCUT2D eigenvalue weighted by Gasteiger charge is -2.18. The van der Waals surface area contributed by atoms with E-state index < -0.39 is 0 Å². The van der Waals surface area contributed by atoms with E-state index in [0.717, 1.165) is 36.8 Å². The van der Waals surface area contributed by atoms with Crippen LogP contribution in [0.2, 0.25) is 0 Å². The van der Waals surface area contributed by atoms with Crippen LogP contribution in [-0.4, -0.2) is 23.4 Å². The highest BCUT2D eigenvalue weighted by Crippen LogP contribution is 2.39. The first-order valence-corrected chi connectivity index (χ1v) is 13.7. The standard InChI is InChI=1S/C32H42O6/c1-7-9-15-36-25-17-28-30(31(34)23(25)14-12-21(5)6)32(35)29-22(13-11-20(3)4)24(19-33)26(18-27(29)38-28)37-16-10-8-2/h11-12,17-18,33-34H,7-10,13-16,19H2,1-6H3. The summed E-state index contributed by atoms with van der Waals surface area (Å²) in [5, 5.41) is 22.2. The molecule has 0 radical (unpaired) electrons. The van der Waals surface area contributed by atoms with Crippen molar-refractivity contribution in [2.75, 3.05) is 13.2 Å². The predicted octanol–water partition coefficient (Wildman–Crippen LogP) is 7.52. The Hall–Kier alpha value is -3.25. The predicted molar refractivity (Wildman–Crippen MR) is 155 cm³/mol. The van der Waals surface area contributed by atoms with Crippen LogP contribution in [0, 0.1) is 0 Å². The molecule has 0 aliphatic heterocycles. The average Bonchev–Trinajstić information content (AvgIpc) is 2.86. The lowest BCUT2D eigenvalue weighted by molar-refractivity contribution is 0.260. The molecule has 1 heterocycles.